The first kappa shape index (κ1) is 28.7. The Balaban J connectivity index is 1.48. The summed E-state index contributed by atoms with van der Waals surface area (Å²) in [5.41, 5.74) is 2.73. The molecule has 0 unspecified atom stereocenters. The second-order valence-corrected chi connectivity index (χ2v) is 12.8. The minimum absolute atomic E-state index is 0.0364. The molecule has 6 rings (SSSR count). The second kappa shape index (κ2) is 12.5. The average molecular weight is 576 g/mol. The number of hydrogen-bond acceptors (Lipinski definition) is 8. The molecule has 10 heteroatoms. The van der Waals surface area contributed by atoms with Crippen molar-refractivity contribution in [2.45, 2.75) is 77.4 Å². The predicted molar refractivity (Wildman–Crippen MR) is 165 cm³/mol. The predicted octanol–water partition coefficient (Wildman–Crippen LogP) is 5.35. The van der Waals surface area contributed by atoms with Crippen LogP contribution in [0.3, 0.4) is 0 Å². The molecule has 2 N–H and O–H groups in total. The van der Waals surface area contributed by atoms with Crippen molar-refractivity contribution in [1.29, 1.82) is 0 Å². The highest BCUT2D eigenvalue weighted by atomic mass is 16.5. The molecule has 1 aliphatic heterocycles. The SMILES string of the molecule is C[C@@H](Nc1nc(N(C)CC(=O)O)nc2nc(N3CCOC[C@H]3c3ccccc3)n(C[C@H]3CC[C@H](C)CC3)c12)C1CCC1. The van der Waals surface area contributed by atoms with E-state index in [1.807, 2.05) is 6.07 Å². The van der Waals surface area contributed by atoms with Gasteiger partial charge in [-0.15, -0.1) is 0 Å². The van der Waals surface area contributed by atoms with Crippen LogP contribution >= 0.6 is 0 Å². The Hall–Kier alpha value is -3.40. The number of anilines is 3. The molecule has 3 aromatic rings. The molecule has 0 radical (unpaired) electrons. The third-order valence-corrected chi connectivity index (χ3v) is 9.65. The lowest BCUT2D eigenvalue weighted by Crippen LogP contribution is -2.41. The number of likely N-dealkylation sites (N-methyl/N-ethyl adjacent to an activating group) is 1. The standard InChI is InChI=1S/C32H45N7O3/c1-21-12-14-23(15-13-21)18-39-28-29(33-22(2)24-10-7-11-24)34-31(37(3)19-27(40)41)35-30(28)36-32(39)38-16-17-42-20-26(38)25-8-5-4-6-9-25/h4-6,8-9,21-24,26H,7,10-20H2,1-3H3,(H,40,41)(H,33,34,35)/t21-,22-,23-,26+/m1/s1. The number of carboxylic acid groups (broad SMARTS) is 1. The van der Waals surface area contributed by atoms with E-state index in [1.165, 1.54) is 50.5 Å². The van der Waals surface area contributed by atoms with Crippen LogP contribution in [0.2, 0.25) is 0 Å². The molecule has 0 bridgehead atoms. The minimum Gasteiger partial charge on any atom is -0.480 e. The topological polar surface area (TPSA) is 109 Å². The van der Waals surface area contributed by atoms with E-state index >= 15 is 0 Å². The van der Waals surface area contributed by atoms with Crippen molar-refractivity contribution < 1.29 is 14.6 Å². The van der Waals surface area contributed by atoms with Gasteiger partial charge in [-0.05, 0) is 55.9 Å². The number of hydrogen-bond donors (Lipinski definition) is 2. The first-order valence-electron chi connectivity index (χ1n) is 15.7. The summed E-state index contributed by atoms with van der Waals surface area (Å²) >= 11 is 0. The smallest absolute Gasteiger partial charge is 0.323 e. The molecule has 3 heterocycles. The van der Waals surface area contributed by atoms with Crippen LogP contribution in [0.25, 0.3) is 11.2 Å². The fourth-order valence-electron chi connectivity index (χ4n) is 6.79. The van der Waals surface area contributed by atoms with Gasteiger partial charge in [-0.1, -0.05) is 56.5 Å². The number of ether oxygens (including phenoxy) is 1. The number of nitrogens with zero attached hydrogens (tertiary/aromatic N) is 6. The molecule has 1 saturated heterocycles. The molecule has 2 atom stereocenters. The van der Waals surface area contributed by atoms with Crippen molar-refractivity contribution in [3.8, 4) is 0 Å². The van der Waals surface area contributed by atoms with Gasteiger partial charge in [0, 0.05) is 26.2 Å². The van der Waals surface area contributed by atoms with Crippen LogP contribution in [0.1, 0.15) is 70.4 Å². The summed E-state index contributed by atoms with van der Waals surface area (Å²) in [6, 6.07) is 10.8. The number of nitrogens with one attached hydrogen (secondary N) is 1. The Bertz CT molecular complexity index is 1370. The van der Waals surface area contributed by atoms with E-state index in [-0.39, 0.29) is 18.6 Å². The Morgan fingerprint density at radius 1 is 1.12 bits per heavy atom. The zero-order chi connectivity index (χ0) is 29.2. The fourth-order valence-corrected chi connectivity index (χ4v) is 6.79. The second-order valence-electron chi connectivity index (χ2n) is 12.8. The maximum Gasteiger partial charge on any atom is 0.323 e. The molecule has 42 heavy (non-hydrogen) atoms. The highest BCUT2D eigenvalue weighted by Crippen LogP contribution is 2.38. The molecule has 3 fully saturated rings. The number of morpholine rings is 1. The Morgan fingerprint density at radius 2 is 1.88 bits per heavy atom. The van der Waals surface area contributed by atoms with Crippen LogP contribution in [0.4, 0.5) is 17.7 Å². The molecular weight excluding hydrogens is 530 g/mol. The number of carbonyl (C=O) groups is 1. The lowest BCUT2D eigenvalue weighted by molar-refractivity contribution is -0.135. The van der Waals surface area contributed by atoms with Gasteiger partial charge in [0.15, 0.2) is 11.5 Å². The van der Waals surface area contributed by atoms with Gasteiger partial charge < -0.3 is 29.5 Å². The van der Waals surface area contributed by atoms with E-state index in [2.05, 4.69) is 52.9 Å². The monoisotopic (exact) mass is 575 g/mol. The van der Waals surface area contributed by atoms with Gasteiger partial charge in [-0.3, -0.25) is 4.79 Å². The zero-order valence-corrected chi connectivity index (χ0v) is 25.2. The van der Waals surface area contributed by atoms with Crippen LogP contribution in [0, 0.1) is 17.8 Å². The van der Waals surface area contributed by atoms with Gasteiger partial charge in [-0.25, -0.2) is 0 Å². The van der Waals surface area contributed by atoms with Gasteiger partial charge in [0.25, 0.3) is 0 Å². The number of carboxylic acids is 1. The molecule has 10 nitrogen and oxygen atoms in total. The summed E-state index contributed by atoms with van der Waals surface area (Å²) in [6.07, 6.45) is 8.60. The van der Waals surface area contributed by atoms with Crippen molar-refractivity contribution in [2.24, 2.45) is 17.8 Å². The third kappa shape index (κ3) is 6.04. The van der Waals surface area contributed by atoms with E-state index in [0.29, 0.717) is 36.6 Å². The summed E-state index contributed by atoms with van der Waals surface area (Å²) in [4.78, 5) is 30.6. The fraction of sp³-hybridized carbons (Fsp3) is 0.625. The van der Waals surface area contributed by atoms with E-state index in [4.69, 9.17) is 19.7 Å². The summed E-state index contributed by atoms with van der Waals surface area (Å²) in [7, 11) is 1.73. The van der Waals surface area contributed by atoms with Gasteiger partial charge in [0.05, 0.1) is 19.3 Å². The normalized spacial score (nSPS) is 23.9. The van der Waals surface area contributed by atoms with Gasteiger partial charge >= 0.3 is 5.97 Å². The first-order valence-corrected chi connectivity index (χ1v) is 15.7. The lowest BCUT2D eigenvalue weighted by Gasteiger charge is -2.37. The molecular formula is C32H45N7O3. The van der Waals surface area contributed by atoms with Gasteiger partial charge in [-0.2, -0.15) is 15.0 Å². The first-order chi connectivity index (χ1) is 20.4. The molecule has 0 amide bonds. The molecule has 1 aromatic carbocycles. The average Bonchev–Trinajstić information content (AvgIpc) is 3.31. The molecule has 2 saturated carbocycles. The van der Waals surface area contributed by atoms with Gasteiger partial charge in [0.1, 0.15) is 12.1 Å². The van der Waals surface area contributed by atoms with Crippen LogP contribution in [0.15, 0.2) is 30.3 Å². The zero-order valence-electron chi connectivity index (χ0n) is 25.2. The van der Waals surface area contributed by atoms with Crippen LogP contribution in [-0.4, -0.2) is 70.0 Å². The van der Waals surface area contributed by atoms with Crippen LogP contribution < -0.4 is 15.1 Å². The maximum atomic E-state index is 11.6. The summed E-state index contributed by atoms with van der Waals surface area (Å²) in [5.74, 6) is 3.03. The summed E-state index contributed by atoms with van der Waals surface area (Å²) in [5, 5.41) is 13.2. The van der Waals surface area contributed by atoms with E-state index in [0.717, 1.165) is 36.3 Å². The van der Waals surface area contributed by atoms with Crippen molar-refractivity contribution in [3.05, 3.63) is 35.9 Å². The minimum atomic E-state index is -0.921. The molecule has 0 spiro atoms. The van der Waals surface area contributed by atoms with E-state index in [9.17, 15) is 9.90 Å². The molecule has 2 aromatic heterocycles. The number of imidazole rings is 1. The number of fused-ring (bicyclic) bond motifs is 1. The number of benzene rings is 1. The Labute approximate surface area is 248 Å². The third-order valence-electron chi connectivity index (χ3n) is 9.65. The lowest BCUT2D eigenvalue weighted by atomic mass is 9.80. The highest BCUT2D eigenvalue weighted by Gasteiger charge is 2.33. The van der Waals surface area contributed by atoms with Crippen LogP contribution in [-0.2, 0) is 16.1 Å². The number of rotatable bonds is 10. The quantitative estimate of drug-likeness (QED) is 0.331. The van der Waals surface area contributed by atoms with Gasteiger partial charge in [0.2, 0.25) is 11.9 Å². The highest BCUT2D eigenvalue weighted by molar-refractivity contribution is 5.88. The van der Waals surface area contributed by atoms with Crippen molar-refractivity contribution in [2.75, 3.05) is 48.5 Å². The number of aliphatic carboxylic acids is 1. The number of aromatic nitrogens is 4. The largest absolute Gasteiger partial charge is 0.480 e. The molecule has 2 aliphatic carbocycles. The van der Waals surface area contributed by atoms with E-state index < -0.39 is 5.97 Å². The molecule has 3 aliphatic rings. The van der Waals surface area contributed by atoms with E-state index in [1.54, 1.807) is 11.9 Å². The Kier molecular flexibility index (Phi) is 8.51. The summed E-state index contributed by atoms with van der Waals surface area (Å²) < 4.78 is 8.36. The van der Waals surface area contributed by atoms with Crippen molar-refractivity contribution in [1.82, 2.24) is 19.5 Å². The van der Waals surface area contributed by atoms with Crippen LogP contribution in [0.5, 0.6) is 0 Å². The Morgan fingerprint density at radius 3 is 2.57 bits per heavy atom. The molecule has 226 valence electrons. The van der Waals surface area contributed by atoms with Crippen molar-refractivity contribution in [3.63, 3.8) is 0 Å². The maximum absolute atomic E-state index is 11.6. The van der Waals surface area contributed by atoms with Crippen molar-refractivity contribution >= 4 is 34.8 Å². The summed E-state index contributed by atoms with van der Waals surface area (Å²) in [6.45, 7) is 7.22.